The predicted molar refractivity (Wildman–Crippen MR) is 248 cm³/mol. The van der Waals surface area contributed by atoms with Gasteiger partial charge in [-0.3, -0.25) is 14.4 Å². The van der Waals surface area contributed by atoms with E-state index >= 15 is 4.39 Å². The van der Waals surface area contributed by atoms with Crippen LogP contribution in [0.25, 0.3) is 6.08 Å². The van der Waals surface area contributed by atoms with E-state index in [4.69, 9.17) is 28.4 Å². The van der Waals surface area contributed by atoms with Crippen LogP contribution in [0, 0.1) is 35.4 Å². The average molecular weight is 944 g/mol. The van der Waals surface area contributed by atoms with Gasteiger partial charge in [0, 0.05) is 52.0 Å². The van der Waals surface area contributed by atoms with Crippen molar-refractivity contribution in [3.05, 3.63) is 65.0 Å². The van der Waals surface area contributed by atoms with Crippen molar-refractivity contribution in [1.82, 2.24) is 4.90 Å². The molecule has 1 aliphatic carbocycles. The Morgan fingerprint density at radius 2 is 1.60 bits per heavy atom. The number of carbonyl (C=O) groups is 4. The number of amides is 1. The maximum absolute atomic E-state index is 16.3. The third kappa shape index (κ3) is 13.3. The van der Waals surface area contributed by atoms with Crippen LogP contribution in [0.2, 0.25) is 0 Å². The van der Waals surface area contributed by atoms with Crippen LogP contribution in [0.4, 0.5) is 8.78 Å². The van der Waals surface area contributed by atoms with Crippen molar-refractivity contribution in [2.24, 2.45) is 29.6 Å². The van der Waals surface area contributed by atoms with E-state index in [2.05, 4.69) is 0 Å². The van der Waals surface area contributed by atoms with Gasteiger partial charge < -0.3 is 43.5 Å². The van der Waals surface area contributed by atoms with Crippen LogP contribution in [0.1, 0.15) is 111 Å². The number of allylic oxidation sites excluding steroid dienone is 3. The summed E-state index contributed by atoms with van der Waals surface area (Å²) in [7, 11) is 4.50. The van der Waals surface area contributed by atoms with Crippen molar-refractivity contribution in [3.8, 4) is 0 Å². The van der Waals surface area contributed by atoms with Gasteiger partial charge in [0.25, 0.3) is 11.7 Å². The molecule has 15 heteroatoms. The number of alkyl halides is 1. The van der Waals surface area contributed by atoms with Gasteiger partial charge in [0.05, 0.1) is 37.1 Å². The summed E-state index contributed by atoms with van der Waals surface area (Å²) < 4.78 is 65.9. The summed E-state index contributed by atoms with van der Waals surface area (Å²) in [5.41, 5.74) is 1.80. The van der Waals surface area contributed by atoms with E-state index in [1.165, 1.54) is 26.4 Å². The molecule has 374 valence electrons. The predicted octanol–water partition coefficient (Wildman–Crippen LogP) is 7.30. The third-order valence-electron chi connectivity index (χ3n) is 14.7. The van der Waals surface area contributed by atoms with E-state index < -0.39 is 89.9 Å². The molecule has 5 rings (SSSR count). The first-order valence-electron chi connectivity index (χ1n) is 24.2. The number of esters is 1. The van der Waals surface area contributed by atoms with Crippen molar-refractivity contribution >= 4 is 29.5 Å². The molecule has 3 heterocycles. The molecule has 13 nitrogen and oxygen atoms in total. The highest BCUT2D eigenvalue weighted by Gasteiger charge is 2.57. The van der Waals surface area contributed by atoms with Crippen LogP contribution in [-0.2, 0) is 47.6 Å². The minimum atomic E-state index is -2.62. The van der Waals surface area contributed by atoms with Gasteiger partial charge in [-0.2, -0.15) is 0 Å². The summed E-state index contributed by atoms with van der Waals surface area (Å²) >= 11 is 0. The van der Waals surface area contributed by atoms with Crippen LogP contribution in [0.3, 0.4) is 0 Å². The Bertz CT molecular complexity index is 1920. The molecule has 2 N–H and O–H groups in total. The third-order valence-corrected chi connectivity index (χ3v) is 14.7. The molecule has 15 atom stereocenters. The topological polar surface area (TPSA) is 167 Å². The molecule has 0 radical (unpaired) electrons. The van der Waals surface area contributed by atoms with Crippen LogP contribution in [0.5, 0.6) is 0 Å². The van der Waals surface area contributed by atoms with Gasteiger partial charge in [-0.25, -0.2) is 13.6 Å². The smallest absolute Gasteiger partial charge is 0.329 e. The van der Waals surface area contributed by atoms with Gasteiger partial charge in [-0.1, -0.05) is 64.1 Å². The first kappa shape index (κ1) is 54.2. The number of hydrogen-bond donors (Lipinski definition) is 2. The number of piperidine rings is 1. The van der Waals surface area contributed by atoms with Crippen LogP contribution < -0.4 is 0 Å². The number of carbonyl (C=O) groups excluding carboxylic acids is 4. The molecular formula is C52H75F2NO12. The second-order valence-corrected chi connectivity index (χ2v) is 19.4. The minimum Gasteiger partial charge on any atom is -0.456 e. The van der Waals surface area contributed by atoms with E-state index in [1.807, 2.05) is 25.2 Å². The minimum absolute atomic E-state index is 0.0363. The maximum Gasteiger partial charge on any atom is 0.329 e. The molecule has 2 saturated heterocycles. The largest absolute Gasteiger partial charge is 0.456 e. The Balaban J connectivity index is 1.45. The molecule has 2 bridgehead atoms. The monoisotopic (exact) mass is 944 g/mol. The van der Waals surface area contributed by atoms with Gasteiger partial charge in [0.15, 0.2) is 0 Å². The standard InChI is InChI=1S/C52H75F2NO12/c1-10-37-25-30(2)46(54)31(3)26-44(63-8)48-45(64-9)27-33(5)52(61,67-48)49(58)50(59)55-22-12-11-15-39(55)51(60)66-47(34(6)40(56)29-41(37)57)32(4)24-36-18-21-42(43(28-36)62-7)65-23-13-14-35-16-19-38(53)20-17-35/h13-14,16-17,19-20,24-25,31,33-34,36-37,39-40,42-48,56,61H,10-12,15,18,21-23,26-29H2,1-9H3/b14-13?,30-25+,32-24?. The van der Waals surface area contributed by atoms with Crippen molar-refractivity contribution in [3.63, 3.8) is 0 Å². The molecule has 0 aromatic heterocycles. The lowest BCUT2D eigenvalue weighted by Crippen LogP contribution is -2.64. The number of fused-ring (bicyclic) bond motifs is 3. The zero-order valence-corrected chi connectivity index (χ0v) is 40.9. The molecular weight excluding hydrogens is 869 g/mol. The average Bonchev–Trinajstić information content (AvgIpc) is 3.32. The van der Waals surface area contributed by atoms with Crippen molar-refractivity contribution in [1.29, 1.82) is 0 Å². The molecule has 0 spiro atoms. The Labute approximate surface area is 395 Å². The van der Waals surface area contributed by atoms with E-state index in [0.717, 1.165) is 10.5 Å². The summed E-state index contributed by atoms with van der Waals surface area (Å²) in [4.78, 5) is 58.3. The van der Waals surface area contributed by atoms with Crippen molar-refractivity contribution in [2.45, 2.75) is 166 Å². The summed E-state index contributed by atoms with van der Waals surface area (Å²) in [5, 5.41) is 23.9. The number of Topliss-reactive ketones (excluding diaryl/α,β-unsaturated/α-hetero) is 2. The summed E-state index contributed by atoms with van der Waals surface area (Å²) in [5.74, 6) is -9.50. The van der Waals surface area contributed by atoms with Gasteiger partial charge in [0.1, 0.15) is 36.0 Å². The molecule has 15 unspecified atom stereocenters. The molecule has 1 aromatic carbocycles. The highest BCUT2D eigenvalue weighted by molar-refractivity contribution is 6.39. The molecule has 1 aromatic rings. The summed E-state index contributed by atoms with van der Waals surface area (Å²) in [6.07, 6.45) is 3.86. The Morgan fingerprint density at radius 1 is 0.925 bits per heavy atom. The molecule has 3 aliphatic heterocycles. The van der Waals surface area contributed by atoms with Crippen LogP contribution in [-0.4, -0.2) is 134 Å². The van der Waals surface area contributed by atoms with E-state index in [9.17, 15) is 33.8 Å². The number of cyclic esters (lactones) is 1. The Morgan fingerprint density at radius 3 is 2.25 bits per heavy atom. The van der Waals surface area contributed by atoms with E-state index in [-0.39, 0.29) is 62.0 Å². The lowest BCUT2D eigenvalue weighted by molar-refractivity contribution is -0.302. The zero-order valence-electron chi connectivity index (χ0n) is 40.9. The van der Waals surface area contributed by atoms with Gasteiger partial charge >= 0.3 is 5.97 Å². The molecule has 3 fully saturated rings. The lowest BCUT2D eigenvalue weighted by Gasteiger charge is -2.47. The van der Waals surface area contributed by atoms with Crippen LogP contribution >= 0.6 is 0 Å². The number of halogens is 2. The fourth-order valence-electron chi connectivity index (χ4n) is 10.4. The van der Waals surface area contributed by atoms with Crippen molar-refractivity contribution in [2.75, 3.05) is 34.5 Å². The van der Waals surface area contributed by atoms with Gasteiger partial charge in [-0.15, -0.1) is 0 Å². The number of nitrogens with zero attached hydrogens (tertiary/aromatic N) is 1. The first-order chi connectivity index (χ1) is 31.9. The van der Waals surface area contributed by atoms with Gasteiger partial charge in [-0.05, 0) is 112 Å². The number of ketones is 2. The number of aliphatic hydroxyl groups excluding tert-OH is 1. The SMILES string of the molecule is CCC1/C=C(\C)C(F)C(C)CC(OC)C2OC(O)(C(=O)C(=O)N3CCCCC3C(=O)OC(C(C)=CC3CCC(OCC=Cc4ccc(F)cc4)C(OC)C3)C(C)C(O)CC1=O)C(C)CC2OC. The number of rotatable bonds is 10. The Hall–Kier alpha value is -3.70. The highest BCUT2D eigenvalue weighted by Crippen LogP contribution is 2.40. The van der Waals surface area contributed by atoms with Crippen molar-refractivity contribution < 1.29 is 66.6 Å². The molecule has 1 saturated carbocycles. The number of ether oxygens (including phenoxy) is 6. The molecule has 4 aliphatic rings. The number of methoxy groups -OCH3 is 3. The second kappa shape index (κ2) is 24.7. The molecule has 67 heavy (non-hydrogen) atoms. The van der Waals surface area contributed by atoms with E-state index in [0.29, 0.717) is 56.3 Å². The first-order valence-corrected chi connectivity index (χ1v) is 24.2. The quantitative estimate of drug-likeness (QED) is 0.137. The zero-order chi connectivity index (χ0) is 49.2. The second-order valence-electron chi connectivity index (χ2n) is 19.4. The molecule has 1 amide bonds. The summed E-state index contributed by atoms with van der Waals surface area (Å²) in [6, 6.07) is 4.97. The summed E-state index contributed by atoms with van der Waals surface area (Å²) in [6.45, 7) is 10.6. The van der Waals surface area contributed by atoms with Gasteiger partial charge in [0.2, 0.25) is 5.79 Å². The van der Waals surface area contributed by atoms with E-state index in [1.54, 1.807) is 59.9 Å². The fourth-order valence-corrected chi connectivity index (χ4v) is 10.4. The number of aliphatic hydroxyl groups is 2. The lowest BCUT2D eigenvalue weighted by atomic mass is 9.81. The Kier molecular flexibility index (Phi) is 20.0. The maximum atomic E-state index is 16.3. The normalized spacial score (nSPS) is 37.9. The van der Waals surface area contributed by atoms with Crippen LogP contribution in [0.15, 0.2) is 53.6 Å². The number of hydrogen-bond acceptors (Lipinski definition) is 12. The highest BCUT2D eigenvalue weighted by atomic mass is 19.1. The fraction of sp³-hybridized carbons (Fsp3) is 0.692. The number of benzene rings is 1.